The van der Waals surface area contributed by atoms with Crippen LogP contribution in [0.2, 0.25) is 0 Å². The highest BCUT2D eigenvalue weighted by molar-refractivity contribution is 5.77. The van der Waals surface area contributed by atoms with Crippen LogP contribution in [-0.4, -0.2) is 9.97 Å². The summed E-state index contributed by atoms with van der Waals surface area (Å²) < 4.78 is 5.73. The number of furan rings is 1. The Morgan fingerprint density at radius 2 is 2.05 bits per heavy atom. The van der Waals surface area contributed by atoms with E-state index in [4.69, 9.17) is 4.42 Å². The van der Waals surface area contributed by atoms with E-state index >= 15 is 0 Å². The Labute approximate surface area is 111 Å². The van der Waals surface area contributed by atoms with E-state index in [1.165, 1.54) is 0 Å². The zero-order valence-corrected chi connectivity index (χ0v) is 10.8. The average Bonchev–Trinajstić information content (AvgIpc) is 2.81. The minimum Gasteiger partial charge on any atom is -0.460 e. The summed E-state index contributed by atoms with van der Waals surface area (Å²) in [5.74, 6) is 1.73. The molecule has 0 saturated carbocycles. The normalized spacial score (nSPS) is 11.0. The third-order valence-corrected chi connectivity index (χ3v) is 2.92. The fourth-order valence-electron chi connectivity index (χ4n) is 2.04. The molecule has 96 valence electrons. The minimum absolute atomic E-state index is 0.692. The fraction of sp³-hybridized carbons (Fsp3) is 0.200. The van der Waals surface area contributed by atoms with Gasteiger partial charge < -0.3 is 9.73 Å². The van der Waals surface area contributed by atoms with E-state index < -0.39 is 0 Å². The lowest BCUT2D eigenvalue weighted by Crippen LogP contribution is -2.13. The lowest BCUT2D eigenvalue weighted by molar-refractivity contribution is 0.511. The van der Waals surface area contributed by atoms with Gasteiger partial charge in [-0.1, -0.05) is 18.2 Å². The standard InChI is InChI=1S/C15H15N3O/c1-11-17-7-6-13(18-11)9-16-10-14-8-12-4-2-3-5-15(12)19-14/h2-8,16H,9-10H2,1H3. The number of benzene rings is 1. The number of para-hydroxylation sites is 1. The van der Waals surface area contributed by atoms with Gasteiger partial charge in [0.1, 0.15) is 17.2 Å². The SMILES string of the molecule is Cc1nccc(CNCc2cc3ccccc3o2)n1. The second-order valence-corrected chi connectivity index (χ2v) is 4.45. The van der Waals surface area contributed by atoms with Crippen LogP contribution in [-0.2, 0) is 13.1 Å². The summed E-state index contributed by atoms with van der Waals surface area (Å²) in [5.41, 5.74) is 1.92. The highest BCUT2D eigenvalue weighted by atomic mass is 16.3. The Bertz CT molecular complexity index is 657. The van der Waals surface area contributed by atoms with Gasteiger partial charge in [0, 0.05) is 18.1 Å². The van der Waals surface area contributed by atoms with Crippen molar-refractivity contribution in [3.63, 3.8) is 0 Å². The molecule has 0 amide bonds. The summed E-state index contributed by atoms with van der Waals surface area (Å²) in [4.78, 5) is 8.42. The first-order chi connectivity index (χ1) is 9.31. The van der Waals surface area contributed by atoms with Crippen molar-refractivity contribution in [2.75, 3.05) is 0 Å². The highest BCUT2D eigenvalue weighted by Gasteiger charge is 2.02. The molecule has 0 unspecified atom stereocenters. The van der Waals surface area contributed by atoms with Gasteiger partial charge in [0.25, 0.3) is 0 Å². The summed E-state index contributed by atoms with van der Waals surface area (Å²) >= 11 is 0. The maximum absolute atomic E-state index is 5.73. The van der Waals surface area contributed by atoms with Crippen molar-refractivity contribution in [1.29, 1.82) is 0 Å². The van der Waals surface area contributed by atoms with E-state index in [9.17, 15) is 0 Å². The van der Waals surface area contributed by atoms with Crippen LogP contribution in [0.3, 0.4) is 0 Å². The van der Waals surface area contributed by atoms with Gasteiger partial charge in [-0.05, 0) is 25.1 Å². The van der Waals surface area contributed by atoms with Crippen LogP contribution < -0.4 is 5.32 Å². The topological polar surface area (TPSA) is 51.0 Å². The van der Waals surface area contributed by atoms with E-state index in [1.807, 2.05) is 31.2 Å². The number of nitrogens with one attached hydrogen (secondary N) is 1. The molecule has 19 heavy (non-hydrogen) atoms. The Kier molecular flexibility index (Phi) is 3.25. The summed E-state index contributed by atoms with van der Waals surface area (Å²) in [6, 6.07) is 12.0. The van der Waals surface area contributed by atoms with Crippen LogP contribution in [0.5, 0.6) is 0 Å². The molecule has 0 atom stereocenters. The first-order valence-corrected chi connectivity index (χ1v) is 6.28. The van der Waals surface area contributed by atoms with Gasteiger partial charge in [-0.15, -0.1) is 0 Å². The van der Waals surface area contributed by atoms with Gasteiger partial charge in [-0.2, -0.15) is 0 Å². The molecule has 0 fully saturated rings. The highest BCUT2D eigenvalue weighted by Crippen LogP contribution is 2.18. The Hall–Kier alpha value is -2.20. The van der Waals surface area contributed by atoms with E-state index in [0.29, 0.717) is 13.1 Å². The predicted octanol–water partition coefficient (Wildman–Crippen LogP) is 2.82. The molecule has 2 aromatic heterocycles. The summed E-state index contributed by atoms with van der Waals surface area (Å²) in [6.07, 6.45) is 1.78. The smallest absolute Gasteiger partial charge is 0.134 e. The van der Waals surface area contributed by atoms with Crippen molar-refractivity contribution in [3.05, 3.63) is 59.9 Å². The summed E-state index contributed by atoms with van der Waals surface area (Å²) in [5, 5.41) is 4.46. The minimum atomic E-state index is 0.692. The predicted molar refractivity (Wildman–Crippen MR) is 73.5 cm³/mol. The summed E-state index contributed by atoms with van der Waals surface area (Å²) in [7, 11) is 0. The summed E-state index contributed by atoms with van der Waals surface area (Å²) in [6.45, 7) is 3.29. The van der Waals surface area contributed by atoms with E-state index in [1.54, 1.807) is 6.20 Å². The second-order valence-electron chi connectivity index (χ2n) is 4.45. The van der Waals surface area contributed by atoms with Gasteiger partial charge >= 0.3 is 0 Å². The second kappa shape index (κ2) is 5.20. The molecular weight excluding hydrogens is 238 g/mol. The molecule has 3 aromatic rings. The van der Waals surface area contributed by atoms with Gasteiger partial charge in [0.05, 0.1) is 12.2 Å². The molecule has 0 aliphatic rings. The Morgan fingerprint density at radius 3 is 2.89 bits per heavy atom. The fourth-order valence-corrected chi connectivity index (χ4v) is 2.04. The molecule has 3 rings (SSSR count). The van der Waals surface area contributed by atoms with Crippen LogP contribution in [0.4, 0.5) is 0 Å². The molecule has 1 aromatic carbocycles. The molecular formula is C15H15N3O. The van der Waals surface area contributed by atoms with Crippen molar-refractivity contribution in [2.24, 2.45) is 0 Å². The number of nitrogens with zero attached hydrogens (tertiary/aromatic N) is 2. The zero-order chi connectivity index (χ0) is 13.1. The molecule has 0 spiro atoms. The average molecular weight is 253 g/mol. The molecule has 0 aliphatic heterocycles. The van der Waals surface area contributed by atoms with Crippen molar-refractivity contribution in [3.8, 4) is 0 Å². The van der Waals surface area contributed by atoms with Crippen LogP contribution >= 0.6 is 0 Å². The zero-order valence-electron chi connectivity index (χ0n) is 10.8. The van der Waals surface area contributed by atoms with Crippen molar-refractivity contribution in [1.82, 2.24) is 15.3 Å². The van der Waals surface area contributed by atoms with Crippen molar-refractivity contribution in [2.45, 2.75) is 20.0 Å². The van der Waals surface area contributed by atoms with Crippen LogP contribution in [0.25, 0.3) is 11.0 Å². The molecule has 0 radical (unpaired) electrons. The first-order valence-electron chi connectivity index (χ1n) is 6.28. The number of hydrogen-bond acceptors (Lipinski definition) is 4. The number of rotatable bonds is 4. The van der Waals surface area contributed by atoms with E-state index in [0.717, 1.165) is 28.2 Å². The van der Waals surface area contributed by atoms with Crippen molar-refractivity contribution >= 4 is 11.0 Å². The van der Waals surface area contributed by atoms with E-state index in [-0.39, 0.29) is 0 Å². The molecule has 1 N–H and O–H groups in total. The molecule has 0 saturated heterocycles. The first kappa shape index (κ1) is 11.9. The van der Waals surface area contributed by atoms with Gasteiger partial charge in [-0.3, -0.25) is 0 Å². The maximum Gasteiger partial charge on any atom is 0.134 e. The number of aryl methyl sites for hydroxylation is 1. The molecule has 0 bridgehead atoms. The van der Waals surface area contributed by atoms with Gasteiger partial charge in [-0.25, -0.2) is 9.97 Å². The quantitative estimate of drug-likeness (QED) is 0.776. The molecule has 2 heterocycles. The van der Waals surface area contributed by atoms with Gasteiger partial charge in [0.15, 0.2) is 0 Å². The van der Waals surface area contributed by atoms with Crippen LogP contribution in [0.15, 0.2) is 47.0 Å². The molecule has 4 heteroatoms. The number of aromatic nitrogens is 2. The number of hydrogen-bond donors (Lipinski definition) is 1. The van der Waals surface area contributed by atoms with E-state index in [2.05, 4.69) is 27.4 Å². The number of fused-ring (bicyclic) bond motifs is 1. The maximum atomic E-state index is 5.73. The van der Waals surface area contributed by atoms with Crippen LogP contribution in [0.1, 0.15) is 17.3 Å². The van der Waals surface area contributed by atoms with Gasteiger partial charge in [0.2, 0.25) is 0 Å². The van der Waals surface area contributed by atoms with Crippen molar-refractivity contribution < 1.29 is 4.42 Å². The largest absolute Gasteiger partial charge is 0.460 e. The lowest BCUT2D eigenvalue weighted by Gasteiger charge is -2.02. The molecule has 4 nitrogen and oxygen atoms in total. The third kappa shape index (κ3) is 2.80. The molecule has 0 aliphatic carbocycles. The lowest BCUT2D eigenvalue weighted by atomic mass is 10.2. The Morgan fingerprint density at radius 1 is 1.16 bits per heavy atom. The monoisotopic (exact) mass is 253 g/mol. The third-order valence-electron chi connectivity index (χ3n) is 2.92. The Balaban J connectivity index is 1.63. The van der Waals surface area contributed by atoms with Crippen LogP contribution in [0, 0.1) is 6.92 Å².